The number of carboxylic acids is 1. The number of carboxylic acid groups (broad SMARTS) is 1. The molecule has 18 heavy (non-hydrogen) atoms. The maximum atomic E-state index is 11.4. The molecule has 0 saturated heterocycles. The fraction of sp³-hybridized carbons (Fsp3) is 0.846. The van der Waals surface area contributed by atoms with Gasteiger partial charge < -0.3 is 14.8 Å². The number of rotatable bonds is 10. The van der Waals surface area contributed by atoms with Crippen LogP contribution < -0.4 is 56.5 Å². The Labute approximate surface area is 153 Å². The van der Waals surface area contributed by atoms with Gasteiger partial charge in [-0.2, -0.15) is 0 Å². The van der Waals surface area contributed by atoms with Gasteiger partial charge in [-0.3, -0.25) is 4.79 Å². The molecule has 1 amide bonds. The maximum absolute atomic E-state index is 11.4. The average molecular weight is 281 g/mol. The summed E-state index contributed by atoms with van der Waals surface area (Å²) < 4.78 is 0. The summed E-state index contributed by atoms with van der Waals surface area (Å²) in [6.07, 6.45) is 8.54. The molecule has 0 heterocycles. The number of nitrogens with zero attached hydrogens (tertiary/aromatic N) is 1. The van der Waals surface area contributed by atoms with Crippen LogP contribution in [0.25, 0.3) is 0 Å². The number of likely N-dealkylation sites (N-methyl/N-ethyl adjacent to an activating group) is 1. The molecule has 0 radical (unpaired) electrons. The third-order valence-corrected chi connectivity index (χ3v) is 2.79. The van der Waals surface area contributed by atoms with E-state index in [2.05, 4.69) is 6.92 Å². The number of amides is 1. The molecular formula is C13H24KNO3. The molecule has 0 aliphatic heterocycles. The Balaban J connectivity index is 0. The first-order valence-electron chi connectivity index (χ1n) is 6.51. The Kier molecular flexibility index (Phi) is 16.2. The van der Waals surface area contributed by atoms with Crippen LogP contribution in [0.15, 0.2) is 0 Å². The van der Waals surface area contributed by atoms with Crippen LogP contribution in [-0.4, -0.2) is 30.4 Å². The van der Waals surface area contributed by atoms with E-state index in [1.165, 1.54) is 37.6 Å². The van der Waals surface area contributed by atoms with Crippen molar-refractivity contribution in [3.05, 3.63) is 0 Å². The molecule has 4 nitrogen and oxygen atoms in total. The van der Waals surface area contributed by atoms with E-state index < -0.39 is 5.97 Å². The summed E-state index contributed by atoms with van der Waals surface area (Å²) in [4.78, 5) is 22.9. The SMILES string of the molecule is CCCCCCCCCC(=O)N(C)CC(=O)[O-].[K+]. The van der Waals surface area contributed by atoms with Gasteiger partial charge in [-0.05, 0) is 6.42 Å². The summed E-state index contributed by atoms with van der Waals surface area (Å²) in [7, 11) is 1.50. The van der Waals surface area contributed by atoms with E-state index in [4.69, 9.17) is 0 Å². The van der Waals surface area contributed by atoms with E-state index in [0.717, 1.165) is 19.3 Å². The number of aliphatic carboxylic acids is 1. The number of carbonyl (C=O) groups is 2. The van der Waals surface area contributed by atoms with Crippen LogP contribution in [0.4, 0.5) is 0 Å². The predicted molar refractivity (Wildman–Crippen MR) is 65.3 cm³/mol. The molecule has 0 unspecified atom stereocenters. The van der Waals surface area contributed by atoms with Crippen molar-refractivity contribution in [3.63, 3.8) is 0 Å². The zero-order valence-corrected chi connectivity index (χ0v) is 15.2. The topological polar surface area (TPSA) is 60.4 Å². The van der Waals surface area contributed by atoms with Gasteiger partial charge in [0.25, 0.3) is 0 Å². The number of hydrogen-bond donors (Lipinski definition) is 0. The molecule has 100 valence electrons. The molecule has 0 spiro atoms. The van der Waals surface area contributed by atoms with E-state index in [9.17, 15) is 14.7 Å². The van der Waals surface area contributed by atoms with Gasteiger partial charge in [0.1, 0.15) is 0 Å². The monoisotopic (exact) mass is 281 g/mol. The first-order chi connectivity index (χ1) is 8.07. The third-order valence-electron chi connectivity index (χ3n) is 2.79. The van der Waals surface area contributed by atoms with E-state index in [0.29, 0.717) is 6.42 Å². The van der Waals surface area contributed by atoms with Crippen molar-refractivity contribution < 1.29 is 66.1 Å². The van der Waals surface area contributed by atoms with E-state index >= 15 is 0 Å². The summed E-state index contributed by atoms with van der Waals surface area (Å²) in [5.74, 6) is -1.32. The summed E-state index contributed by atoms with van der Waals surface area (Å²) >= 11 is 0. The van der Waals surface area contributed by atoms with Crippen molar-refractivity contribution in [2.45, 2.75) is 58.3 Å². The average Bonchev–Trinajstić information content (AvgIpc) is 2.26. The Morgan fingerprint density at radius 1 is 1.00 bits per heavy atom. The largest absolute Gasteiger partial charge is 1.00 e. The normalized spacial score (nSPS) is 9.67. The zero-order chi connectivity index (χ0) is 13.1. The van der Waals surface area contributed by atoms with Crippen LogP contribution in [0.5, 0.6) is 0 Å². The predicted octanol–water partition coefficient (Wildman–Crippen LogP) is -1.66. The van der Waals surface area contributed by atoms with Crippen LogP contribution in [0.1, 0.15) is 58.3 Å². The van der Waals surface area contributed by atoms with Gasteiger partial charge in [0.15, 0.2) is 0 Å². The van der Waals surface area contributed by atoms with E-state index in [1.54, 1.807) is 0 Å². The molecule has 0 aromatic carbocycles. The second-order valence-corrected chi connectivity index (χ2v) is 4.49. The second kappa shape index (κ2) is 14.0. The number of unbranched alkanes of at least 4 members (excludes halogenated alkanes) is 6. The molecule has 0 N–H and O–H groups in total. The van der Waals surface area contributed by atoms with Crippen molar-refractivity contribution in [2.75, 3.05) is 13.6 Å². The van der Waals surface area contributed by atoms with Crippen molar-refractivity contribution in [1.29, 1.82) is 0 Å². The van der Waals surface area contributed by atoms with Crippen molar-refractivity contribution >= 4 is 11.9 Å². The molecule has 0 fully saturated rings. The van der Waals surface area contributed by atoms with Crippen LogP contribution in [0.3, 0.4) is 0 Å². The van der Waals surface area contributed by atoms with Crippen LogP contribution in [-0.2, 0) is 9.59 Å². The van der Waals surface area contributed by atoms with Gasteiger partial charge >= 0.3 is 51.4 Å². The summed E-state index contributed by atoms with van der Waals surface area (Å²) in [5, 5.41) is 10.3. The fourth-order valence-corrected chi connectivity index (χ4v) is 1.71. The minimum Gasteiger partial charge on any atom is -0.548 e. The van der Waals surface area contributed by atoms with E-state index in [1.807, 2.05) is 0 Å². The molecule has 0 rings (SSSR count). The minimum absolute atomic E-state index is 0. The van der Waals surface area contributed by atoms with Crippen molar-refractivity contribution in [2.24, 2.45) is 0 Å². The van der Waals surface area contributed by atoms with Gasteiger partial charge in [0.05, 0.1) is 12.5 Å². The standard InChI is InChI=1S/C13H25NO3.K/c1-3-4-5-6-7-8-9-10-12(15)14(2)11-13(16)17;/h3-11H2,1-2H3,(H,16,17);/q;+1/p-1. The van der Waals surface area contributed by atoms with Crippen LogP contribution in [0, 0.1) is 0 Å². The van der Waals surface area contributed by atoms with Crippen molar-refractivity contribution in [3.8, 4) is 0 Å². The quantitative estimate of drug-likeness (QED) is 0.356. The summed E-state index contributed by atoms with van der Waals surface area (Å²) in [5.41, 5.74) is 0. The number of hydrogen-bond acceptors (Lipinski definition) is 3. The first-order valence-corrected chi connectivity index (χ1v) is 6.51. The fourth-order valence-electron chi connectivity index (χ4n) is 1.71. The minimum atomic E-state index is -1.21. The number of carbonyl (C=O) groups excluding carboxylic acids is 2. The van der Waals surface area contributed by atoms with Crippen molar-refractivity contribution in [1.82, 2.24) is 4.90 Å². The van der Waals surface area contributed by atoms with Gasteiger partial charge in [0.2, 0.25) is 5.91 Å². The molecule has 5 heteroatoms. The van der Waals surface area contributed by atoms with Gasteiger partial charge in [-0.1, -0.05) is 45.4 Å². The van der Waals surface area contributed by atoms with Gasteiger partial charge in [0, 0.05) is 13.5 Å². The van der Waals surface area contributed by atoms with Crippen LogP contribution >= 0.6 is 0 Å². The Bertz CT molecular complexity index is 234. The zero-order valence-electron chi connectivity index (χ0n) is 12.0. The molecule has 0 aromatic rings. The molecule has 0 atom stereocenters. The molecule has 0 aliphatic carbocycles. The van der Waals surface area contributed by atoms with E-state index in [-0.39, 0.29) is 63.8 Å². The molecule has 0 bridgehead atoms. The Morgan fingerprint density at radius 3 is 2.00 bits per heavy atom. The first kappa shape index (κ1) is 20.9. The van der Waals surface area contributed by atoms with Gasteiger partial charge in [-0.15, -0.1) is 0 Å². The third kappa shape index (κ3) is 13.0. The maximum Gasteiger partial charge on any atom is 1.00 e. The molecule has 0 aliphatic rings. The smallest absolute Gasteiger partial charge is 0.548 e. The molecule has 0 saturated carbocycles. The summed E-state index contributed by atoms with van der Waals surface area (Å²) in [6.45, 7) is 1.88. The molecule has 0 aromatic heterocycles. The van der Waals surface area contributed by atoms with Gasteiger partial charge in [-0.25, -0.2) is 0 Å². The Hall–Kier alpha value is 0.576. The second-order valence-electron chi connectivity index (χ2n) is 4.49. The Morgan fingerprint density at radius 2 is 1.50 bits per heavy atom. The molecular weight excluding hydrogens is 257 g/mol. The van der Waals surface area contributed by atoms with Crippen LogP contribution in [0.2, 0.25) is 0 Å². The summed E-state index contributed by atoms with van der Waals surface area (Å²) in [6, 6.07) is 0.